The Hall–Kier alpha value is -1.38. The lowest BCUT2D eigenvalue weighted by Crippen LogP contribution is -2.21. The highest BCUT2D eigenvalue weighted by molar-refractivity contribution is 5.65. The first-order chi connectivity index (χ1) is 6.95. The molecule has 0 aliphatic rings. The fourth-order valence-electron chi connectivity index (χ4n) is 1.14. The molecule has 0 aromatic carbocycles. The predicted octanol–water partition coefficient (Wildman–Crippen LogP) is 2.35. The van der Waals surface area contributed by atoms with Crippen molar-refractivity contribution in [3.8, 4) is 5.88 Å². The smallest absolute Gasteiger partial charge is 0.213 e. The highest BCUT2D eigenvalue weighted by atomic mass is 16.5. The van der Waals surface area contributed by atoms with E-state index in [9.17, 15) is 4.79 Å². The molecule has 15 heavy (non-hydrogen) atoms. The van der Waals surface area contributed by atoms with Gasteiger partial charge in [-0.1, -0.05) is 6.07 Å². The van der Waals surface area contributed by atoms with Crippen molar-refractivity contribution in [2.45, 2.75) is 39.2 Å². The van der Waals surface area contributed by atoms with Gasteiger partial charge in [0.25, 0.3) is 0 Å². The molecule has 1 aromatic heterocycles. The first-order valence-corrected chi connectivity index (χ1v) is 5.06. The SMILES string of the molecule is CC(C)Oc1cccc(C(C)(C)C=O)n1. The van der Waals surface area contributed by atoms with Crippen LogP contribution in [0.1, 0.15) is 33.4 Å². The number of aldehydes is 1. The van der Waals surface area contributed by atoms with E-state index in [1.807, 2.05) is 39.8 Å². The number of ether oxygens (including phenoxy) is 1. The topological polar surface area (TPSA) is 39.2 Å². The van der Waals surface area contributed by atoms with E-state index < -0.39 is 5.41 Å². The van der Waals surface area contributed by atoms with Gasteiger partial charge in [0.05, 0.1) is 17.2 Å². The number of hydrogen-bond acceptors (Lipinski definition) is 3. The predicted molar refractivity (Wildman–Crippen MR) is 59.1 cm³/mol. The number of nitrogens with zero attached hydrogens (tertiary/aromatic N) is 1. The highest BCUT2D eigenvalue weighted by Gasteiger charge is 2.21. The second-order valence-corrected chi connectivity index (χ2v) is 4.37. The maximum absolute atomic E-state index is 10.9. The Balaban J connectivity index is 2.97. The van der Waals surface area contributed by atoms with Gasteiger partial charge in [-0.25, -0.2) is 4.98 Å². The molecule has 0 bridgehead atoms. The molecule has 0 unspecified atom stereocenters. The molecule has 0 amide bonds. The Morgan fingerprint density at radius 2 is 2.07 bits per heavy atom. The molecule has 0 aliphatic carbocycles. The minimum atomic E-state index is -0.559. The number of aromatic nitrogens is 1. The summed E-state index contributed by atoms with van der Waals surface area (Å²) >= 11 is 0. The summed E-state index contributed by atoms with van der Waals surface area (Å²) in [6, 6.07) is 5.48. The highest BCUT2D eigenvalue weighted by Crippen LogP contribution is 2.21. The second kappa shape index (κ2) is 4.43. The van der Waals surface area contributed by atoms with Crippen LogP contribution in [-0.2, 0) is 10.2 Å². The summed E-state index contributed by atoms with van der Waals surface area (Å²) in [7, 11) is 0. The largest absolute Gasteiger partial charge is 0.475 e. The van der Waals surface area contributed by atoms with Gasteiger partial charge in [-0.15, -0.1) is 0 Å². The quantitative estimate of drug-likeness (QED) is 0.711. The van der Waals surface area contributed by atoms with Crippen LogP contribution in [0, 0.1) is 0 Å². The third kappa shape index (κ3) is 3.05. The fourth-order valence-corrected chi connectivity index (χ4v) is 1.14. The van der Waals surface area contributed by atoms with Crippen molar-refractivity contribution >= 4 is 6.29 Å². The van der Waals surface area contributed by atoms with Crippen LogP contribution < -0.4 is 4.74 Å². The summed E-state index contributed by atoms with van der Waals surface area (Å²) in [6.45, 7) is 7.56. The van der Waals surface area contributed by atoms with E-state index in [0.717, 1.165) is 12.0 Å². The molecule has 0 N–H and O–H groups in total. The molecule has 0 saturated carbocycles. The molecule has 0 aliphatic heterocycles. The fraction of sp³-hybridized carbons (Fsp3) is 0.500. The lowest BCUT2D eigenvalue weighted by atomic mass is 9.91. The Morgan fingerprint density at radius 1 is 1.40 bits per heavy atom. The number of carbonyl (C=O) groups is 1. The summed E-state index contributed by atoms with van der Waals surface area (Å²) in [5.41, 5.74) is 0.173. The molecule has 3 heteroatoms. The average molecular weight is 207 g/mol. The lowest BCUT2D eigenvalue weighted by molar-refractivity contribution is -0.111. The molecular formula is C12H17NO2. The van der Waals surface area contributed by atoms with Gasteiger partial charge in [0.15, 0.2) is 0 Å². The summed E-state index contributed by atoms with van der Waals surface area (Å²) in [4.78, 5) is 15.2. The van der Waals surface area contributed by atoms with Crippen molar-refractivity contribution in [3.63, 3.8) is 0 Å². The van der Waals surface area contributed by atoms with Gasteiger partial charge in [-0.3, -0.25) is 0 Å². The van der Waals surface area contributed by atoms with Crippen molar-refractivity contribution in [3.05, 3.63) is 23.9 Å². The minimum absolute atomic E-state index is 0.0899. The minimum Gasteiger partial charge on any atom is -0.475 e. The van der Waals surface area contributed by atoms with Crippen LogP contribution in [0.2, 0.25) is 0 Å². The molecule has 0 atom stereocenters. The number of rotatable bonds is 4. The number of hydrogen-bond donors (Lipinski definition) is 0. The zero-order valence-corrected chi connectivity index (χ0v) is 9.65. The number of pyridine rings is 1. The van der Waals surface area contributed by atoms with E-state index in [1.54, 1.807) is 6.07 Å². The zero-order valence-electron chi connectivity index (χ0n) is 9.65. The maximum atomic E-state index is 10.9. The van der Waals surface area contributed by atoms with Gasteiger partial charge in [-0.05, 0) is 33.8 Å². The zero-order chi connectivity index (χ0) is 11.5. The van der Waals surface area contributed by atoms with Crippen molar-refractivity contribution in [2.24, 2.45) is 0 Å². The van der Waals surface area contributed by atoms with E-state index in [1.165, 1.54) is 0 Å². The van der Waals surface area contributed by atoms with Crippen LogP contribution in [0.3, 0.4) is 0 Å². The first kappa shape index (κ1) is 11.7. The Morgan fingerprint density at radius 3 is 2.60 bits per heavy atom. The van der Waals surface area contributed by atoms with Crippen molar-refractivity contribution in [1.29, 1.82) is 0 Å². The lowest BCUT2D eigenvalue weighted by Gasteiger charge is -2.17. The Kier molecular flexibility index (Phi) is 3.45. The van der Waals surface area contributed by atoms with Gasteiger partial charge in [-0.2, -0.15) is 0 Å². The average Bonchev–Trinajstić information content (AvgIpc) is 2.17. The van der Waals surface area contributed by atoms with Gasteiger partial charge in [0.2, 0.25) is 5.88 Å². The molecular weight excluding hydrogens is 190 g/mol. The summed E-state index contributed by atoms with van der Waals surface area (Å²) in [5.74, 6) is 0.567. The van der Waals surface area contributed by atoms with E-state index in [2.05, 4.69) is 4.98 Å². The van der Waals surface area contributed by atoms with Crippen LogP contribution in [0.5, 0.6) is 5.88 Å². The molecule has 3 nitrogen and oxygen atoms in total. The molecule has 0 radical (unpaired) electrons. The second-order valence-electron chi connectivity index (χ2n) is 4.37. The van der Waals surface area contributed by atoms with Crippen molar-refractivity contribution < 1.29 is 9.53 Å². The van der Waals surface area contributed by atoms with Gasteiger partial charge < -0.3 is 9.53 Å². The summed E-state index contributed by atoms with van der Waals surface area (Å²) < 4.78 is 5.47. The molecule has 82 valence electrons. The van der Waals surface area contributed by atoms with Gasteiger partial charge in [0, 0.05) is 6.07 Å². The van der Waals surface area contributed by atoms with Crippen LogP contribution >= 0.6 is 0 Å². The van der Waals surface area contributed by atoms with Gasteiger partial charge in [0.1, 0.15) is 6.29 Å². The van der Waals surface area contributed by atoms with E-state index >= 15 is 0 Å². The van der Waals surface area contributed by atoms with E-state index in [0.29, 0.717) is 5.88 Å². The van der Waals surface area contributed by atoms with Crippen LogP contribution in [0.4, 0.5) is 0 Å². The standard InChI is InChI=1S/C12H17NO2/c1-9(2)15-11-7-5-6-10(13-11)12(3,4)8-14/h5-9H,1-4H3. The summed E-state index contributed by atoms with van der Waals surface area (Å²) in [6.07, 6.45) is 0.987. The third-order valence-corrected chi connectivity index (χ3v) is 2.03. The van der Waals surface area contributed by atoms with Crippen LogP contribution in [0.15, 0.2) is 18.2 Å². The van der Waals surface area contributed by atoms with Crippen molar-refractivity contribution in [2.75, 3.05) is 0 Å². The van der Waals surface area contributed by atoms with Crippen molar-refractivity contribution in [1.82, 2.24) is 4.98 Å². The number of carbonyl (C=O) groups excluding carboxylic acids is 1. The molecule has 0 fully saturated rings. The third-order valence-electron chi connectivity index (χ3n) is 2.03. The Bertz CT molecular complexity index is 345. The normalized spacial score (nSPS) is 11.5. The first-order valence-electron chi connectivity index (χ1n) is 5.06. The molecule has 0 spiro atoms. The maximum Gasteiger partial charge on any atom is 0.213 e. The molecule has 0 saturated heterocycles. The molecule has 1 heterocycles. The van der Waals surface area contributed by atoms with Crippen LogP contribution in [0.25, 0.3) is 0 Å². The van der Waals surface area contributed by atoms with Gasteiger partial charge >= 0.3 is 0 Å². The molecule has 1 rings (SSSR count). The van der Waals surface area contributed by atoms with E-state index in [-0.39, 0.29) is 6.10 Å². The summed E-state index contributed by atoms with van der Waals surface area (Å²) in [5, 5.41) is 0. The monoisotopic (exact) mass is 207 g/mol. The van der Waals surface area contributed by atoms with E-state index in [4.69, 9.17) is 4.74 Å². The Labute approximate surface area is 90.5 Å². The molecule has 1 aromatic rings. The van der Waals surface area contributed by atoms with Crippen LogP contribution in [-0.4, -0.2) is 17.4 Å².